The summed E-state index contributed by atoms with van der Waals surface area (Å²) in [5, 5.41) is 8.93. The zero-order chi connectivity index (χ0) is 16.9. The summed E-state index contributed by atoms with van der Waals surface area (Å²) in [7, 11) is 0. The molecule has 24 heavy (non-hydrogen) atoms. The second-order valence-electron chi connectivity index (χ2n) is 6.20. The Morgan fingerprint density at radius 3 is 2.62 bits per heavy atom. The van der Waals surface area contributed by atoms with Crippen LogP contribution in [0.5, 0.6) is 0 Å². The van der Waals surface area contributed by atoms with E-state index in [0.717, 1.165) is 24.9 Å². The van der Waals surface area contributed by atoms with E-state index in [4.69, 9.17) is 5.11 Å². The Kier molecular flexibility index (Phi) is 4.93. The van der Waals surface area contributed by atoms with Crippen LogP contribution < -0.4 is 0 Å². The van der Waals surface area contributed by atoms with Crippen LogP contribution in [-0.4, -0.2) is 44.5 Å². The number of nitrogens with zero attached hydrogens (tertiary/aromatic N) is 3. The highest BCUT2D eigenvalue weighted by Crippen LogP contribution is 2.22. The smallest absolute Gasteiger partial charge is 0.303 e. The fraction of sp³-hybridized carbons (Fsp3) is 0.389. The number of rotatable bonds is 4. The van der Waals surface area contributed by atoms with Crippen LogP contribution >= 0.6 is 0 Å². The first kappa shape index (κ1) is 16.2. The maximum atomic E-state index is 12.7. The maximum Gasteiger partial charge on any atom is 0.303 e. The second-order valence-corrected chi connectivity index (χ2v) is 6.20. The first-order chi connectivity index (χ1) is 11.6. The van der Waals surface area contributed by atoms with Gasteiger partial charge in [0.25, 0.3) is 5.91 Å². The molecule has 1 saturated heterocycles. The number of carboxylic acid groups (broad SMARTS) is 1. The third-order valence-electron chi connectivity index (χ3n) is 4.51. The van der Waals surface area contributed by atoms with Crippen molar-refractivity contribution in [2.24, 2.45) is 5.92 Å². The van der Waals surface area contributed by atoms with Crippen molar-refractivity contribution in [1.82, 2.24) is 14.5 Å². The molecule has 1 fully saturated rings. The minimum atomic E-state index is -0.755. The van der Waals surface area contributed by atoms with E-state index in [9.17, 15) is 9.59 Å². The van der Waals surface area contributed by atoms with E-state index in [1.54, 1.807) is 12.5 Å². The first-order valence-electron chi connectivity index (χ1n) is 8.23. The Bertz CT molecular complexity index is 695. The average molecular weight is 327 g/mol. The minimum absolute atomic E-state index is 0.0168. The molecule has 1 aromatic carbocycles. The average Bonchev–Trinajstić information content (AvgIpc) is 3.02. The summed E-state index contributed by atoms with van der Waals surface area (Å²) in [5.74, 6) is -0.568. The van der Waals surface area contributed by atoms with Gasteiger partial charge in [0.15, 0.2) is 0 Å². The maximum absolute atomic E-state index is 12.7. The molecule has 1 unspecified atom stereocenters. The molecule has 1 amide bonds. The molecular formula is C18H21N3O3. The number of likely N-dealkylation sites (tertiary alicyclic amines) is 1. The van der Waals surface area contributed by atoms with E-state index in [-0.39, 0.29) is 18.2 Å². The van der Waals surface area contributed by atoms with Crippen molar-refractivity contribution in [3.05, 3.63) is 48.5 Å². The van der Waals surface area contributed by atoms with Gasteiger partial charge < -0.3 is 14.6 Å². The summed E-state index contributed by atoms with van der Waals surface area (Å²) in [6.07, 6.45) is 7.96. The summed E-state index contributed by atoms with van der Waals surface area (Å²) < 4.78 is 1.89. The van der Waals surface area contributed by atoms with Crippen LogP contribution in [0.15, 0.2) is 43.0 Å². The predicted octanol–water partition coefficient (Wildman–Crippen LogP) is 2.59. The highest BCUT2D eigenvalue weighted by molar-refractivity contribution is 5.94. The van der Waals surface area contributed by atoms with Crippen molar-refractivity contribution in [3.8, 4) is 5.69 Å². The highest BCUT2D eigenvalue weighted by Gasteiger charge is 2.22. The van der Waals surface area contributed by atoms with Gasteiger partial charge in [-0.15, -0.1) is 0 Å². The standard InChI is InChI=1S/C18H21N3O3/c22-17(23)12-14-2-1-9-20(10-7-14)18(24)15-3-5-16(6-4-15)21-11-8-19-13-21/h3-6,8,11,13-14H,1-2,7,9-10,12H2,(H,22,23). The summed E-state index contributed by atoms with van der Waals surface area (Å²) in [6.45, 7) is 1.32. The Morgan fingerprint density at radius 1 is 1.17 bits per heavy atom. The molecule has 2 aromatic rings. The molecule has 6 nitrogen and oxygen atoms in total. The van der Waals surface area contributed by atoms with Crippen LogP contribution in [0.1, 0.15) is 36.0 Å². The fourth-order valence-electron chi connectivity index (χ4n) is 3.19. The predicted molar refractivity (Wildman–Crippen MR) is 89.1 cm³/mol. The van der Waals surface area contributed by atoms with Gasteiger partial charge >= 0.3 is 5.97 Å². The molecule has 1 aromatic heterocycles. The van der Waals surface area contributed by atoms with Gasteiger partial charge in [-0.1, -0.05) is 0 Å². The van der Waals surface area contributed by atoms with Crippen LogP contribution in [0.25, 0.3) is 5.69 Å². The Hall–Kier alpha value is -2.63. The molecule has 0 saturated carbocycles. The van der Waals surface area contributed by atoms with Crippen molar-refractivity contribution < 1.29 is 14.7 Å². The Morgan fingerprint density at radius 2 is 1.96 bits per heavy atom. The molecule has 6 heteroatoms. The molecular weight excluding hydrogens is 306 g/mol. The molecule has 1 aliphatic heterocycles. The van der Waals surface area contributed by atoms with Crippen molar-refractivity contribution in [2.75, 3.05) is 13.1 Å². The molecule has 0 spiro atoms. The van der Waals surface area contributed by atoms with Gasteiger partial charge in [0, 0.05) is 43.2 Å². The molecule has 2 heterocycles. The van der Waals surface area contributed by atoms with E-state index in [2.05, 4.69) is 4.98 Å². The third kappa shape index (κ3) is 3.82. The van der Waals surface area contributed by atoms with Gasteiger partial charge in [0.05, 0.1) is 6.33 Å². The number of imidazole rings is 1. The minimum Gasteiger partial charge on any atom is -0.481 e. The van der Waals surface area contributed by atoms with E-state index in [1.165, 1.54) is 0 Å². The van der Waals surface area contributed by atoms with E-state index in [0.29, 0.717) is 18.7 Å². The second kappa shape index (κ2) is 7.29. The van der Waals surface area contributed by atoms with E-state index < -0.39 is 5.97 Å². The van der Waals surface area contributed by atoms with Crippen LogP contribution in [0.3, 0.4) is 0 Å². The molecule has 1 atom stereocenters. The molecule has 0 bridgehead atoms. The lowest BCUT2D eigenvalue weighted by molar-refractivity contribution is -0.138. The first-order valence-corrected chi connectivity index (χ1v) is 8.23. The number of aliphatic carboxylic acids is 1. The third-order valence-corrected chi connectivity index (χ3v) is 4.51. The van der Waals surface area contributed by atoms with Gasteiger partial charge in [-0.05, 0) is 49.4 Å². The Balaban J connectivity index is 1.64. The van der Waals surface area contributed by atoms with Gasteiger partial charge in [0.2, 0.25) is 0 Å². The number of carbonyl (C=O) groups is 2. The summed E-state index contributed by atoms with van der Waals surface area (Å²) in [6, 6.07) is 7.47. The van der Waals surface area contributed by atoms with E-state index >= 15 is 0 Å². The summed E-state index contributed by atoms with van der Waals surface area (Å²) in [5.41, 5.74) is 1.62. The van der Waals surface area contributed by atoms with Gasteiger partial charge in [-0.25, -0.2) is 4.98 Å². The largest absolute Gasteiger partial charge is 0.481 e. The van der Waals surface area contributed by atoms with Crippen molar-refractivity contribution in [3.63, 3.8) is 0 Å². The summed E-state index contributed by atoms with van der Waals surface area (Å²) >= 11 is 0. The molecule has 1 aliphatic rings. The fourth-order valence-corrected chi connectivity index (χ4v) is 3.19. The molecule has 0 aliphatic carbocycles. The lowest BCUT2D eigenvalue weighted by Crippen LogP contribution is -2.32. The van der Waals surface area contributed by atoms with E-state index in [1.807, 2.05) is 39.9 Å². The SMILES string of the molecule is O=C(O)CC1CCCN(C(=O)c2ccc(-n3ccnc3)cc2)CC1. The monoisotopic (exact) mass is 327 g/mol. The number of benzene rings is 1. The topological polar surface area (TPSA) is 75.4 Å². The highest BCUT2D eigenvalue weighted by atomic mass is 16.4. The zero-order valence-corrected chi connectivity index (χ0v) is 13.5. The number of amides is 1. The van der Waals surface area contributed by atoms with Crippen molar-refractivity contribution in [2.45, 2.75) is 25.7 Å². The molecule has 126 valence electrons. The summed E-state index contributed by atoms with van der Waals surface area (Å²) in [4.78, 5) is 29.4. The quantitative estimate of drug-likeness (QED) is 0.936. The lowest BCUT2D eigenvalue weighted by atomic mass is 9.97. The lowest BCUT2D eigenvalue weighted by Gasteiger charge is -2.20. The van der Waals surface area contributed by atoms with Crippen molar-refractivity contribution >= 4 is 11.9 Å². The van der Waals surface area contributed by atoms with Crippen LogP contribution in [-0.2, 0) is 4.79 Å². The number of hydrogen-bond donors (Lipinski definition) is 1. The molecule has 1 N–H and O–H groups in total. The molecule has 0 radical (unpaired) electrons. The van der Waals surface area contributed by atoms with Gasteiger partial charge in [-0.3, -0.25) is 9.59 Å². The Labute approximate surface area is 140 Å². The van der Waals surface area contributed by atoms with Crippen LogP contribution in [0.4, 0.5) is 0 Å². The zero-order valence-electron chi connectivity index (χ0n) is 13.5. The number of carboxylic acids is 1. The van der Waals surface area contributed by atoms with Gasteiger partial charge in [0.1, 0.15) is 0 Å². The normalized spacial score (nSPS) is 18.2. The number of carbonyl (C=O) groups excluding carboxylic acids is 1. The molecule has 3 rings (SSSR count). The van der Waals surface area contributed by atoms with Gasteiger partial charge in [-0.2, -0.15) is 0 Å². The van der Waals surface area contributed by atoms with Crippen LogP contribution in [0, 0.1) is 5.92 Å². The van der Waals surface area contributed by atoms with Crippen LogP contribution in [0.2, 0.25) is 0 Å². The number of aromatic nitrogens is 2. The van der Waals surface area contributed by atoms with Crippen molar-refractivity contribution in [1.29, 1.82) is 0 Å². The number of hydrogen-bond acceptors (Lipinski definition) is 3.